The normalized spacial score (nSPS) is 12.2. The number of likely N-dealkylation sites (N-methyl/N-ethyl adjacent to an activating group) is 1. The van der Waals surface area contributed by atoms with E-state index in [0.717, 1.165) is 6.07 Å². The van der Waals surface area contributed by atoms with Gasteiger partial charge in [-0.2, -0.15) is 13.2 Å². The molecule has 1 atom stereocenters. The Morgan fingerprint density at radius 2 is 1.55 bits per heavy atom. The molecule has 2 aromatic rings. The topological polar surface area (TPSA) is 71.9 Å². The molecule has 0 spiro atoms. The van der Waals surface area contributed by atoms with Gasteiger partial charge < -0.3 is 20.3 Å². The molecule has 0 saturated carbocycles. The van der Waals surface area contributed by atoms with E-state index in [-0.39, 0.29) is 24.7 Å². The van der Waals surface area contributed by atoms with Crippen LogP contribution in [0, 0.1) is 0 Å². The Morgan fingerprint density at radius 1 is 0.966 bits per heavy atom. The van der Waals surface area contributed by atoms with Crippen molar-refractivity contribution in [2.45, 2.75) is 13.1 Å². The average molecular weight is 410 g/mol. The largest absolute Gasteiger partial charge is 0.497 e. The van der Waals surface area contributed by atoms with E-state index in [1.807, 2.05) is 0 Å². The first-order valence-corrected chi connectivity index (χ1v) is 8.96. The van der Waals surface area contributed by atoms with E-state index in [1.54, 1.807) is 31.2 Å². The predicted octanol–water partition coefficient (Wildman–Crippen LogP) is 2.20. The Balaban J connectivity index is 1.93. The van der Waals surface area contributed by atoms with Crippen LogP contribution in [-0.2, 0) is 15.8 Å². The number of benzene rings is 2. The number of alkyl halides is 3. The first-order valence-electron chi connectivity index (χ1n) is 8.96. The lowest BCUT2D eigenvalue weighted by Crippen LogP contribution is -3.13. The van der Waals surface area contributed by atoms with Crippen molar-refractivity contribution in [1.29, 1.82) is 0 Å². The molecule has 0 fully saturated rings. The number of methoxy groups -OCH3 is 1. The zero-order valence-corrected chi connectivity index (χ0v) is 16.1. The summed E-state index contributed by atoms with van der Waals surface area (Å²) in [6, 6.07) is 11.5. The summed E-state index contributed by atoms with van der Waals surface area (Å²) in [6.07, 6.45) is -4.57. The van der Waals surface area contributed by atoms with Gasteiger partial charge in [-0.25, -0.2) is 0 Å². The molecular formula is C20H23F3N3O3+. The first-order chi connectivity index (χ1) is 13.7. The van der Waals surface area contributed by atoms with E-state index in [9.17, 15) is 22.8 Å². The standard InChI is InChI=1S/C20H22F3N3O3/c1-3-26(12-18(27)24-14-8-10-15(29-2)11-9-14)13-19(28)25-17-7-5-4-6-16(17)20(21,22)23/h4-11H,3,12-13H2,1-2H3,(H,24,27)(H,25,28)/p+1. The maximum absolute atomic E-state index is 13.0. The number of rotatable bonds is 8. The van der Waals surface area contributed by atoms with Gasteiger partial charge in [0, 0.05) is 5.69 Å². The number of nitrogens with one attached hydrogen (secondary N) is 3. The fourth-order valence-corrected chi connectivity index (χ4v) is 2.68. The van der Waals surface area contributed by atoms with Crippen molar-refractivity contribution in [3.8, 4) is 5.75 Å². The summed E-state index contributed by atoms with van der Waals surface area (Å²) >= 11 is 0. The van der Waals surface area contributed by atoms with Crippen LogP contribution in [0.25, 0.3) is 0 Å². The van der Waals surface area contributed by atoms with Gasteiger partial charge in [0.1, 0.15) is 5.75 Å². The molecule has 1 unspecified atom stereocenters. The Kier molecular flexibility index (Phi) is 7.60. The highest BCUT2D eigenvalue weighted by Gasteiger charge is 2.33. The van der Waals surface area contributed by atoms with Crippen molar-refractivity contribution in [3.63, 3.8) is 0 Å². The van der Waals surface area contributed by atoms with Gasteiger partial charge in [-0.1, -0.05) is 12.1 Å². The van der Waals surface area contributed by atoms with Crippen LogP contribution in [0.15, 0.2) is 48.5 Å². The highest BCUT2D eigenvalue weighted by atomic mass is 19.4. The van der Waals surface area contributed by atoms with E-state index in [1.165, 1.54) is 25.3 Å². The van der Waals surface area contributed by atoms with Gasteiger partial charge in [-0.15, -0.1) is 0 Å². The number of carbonyl (C=O) groups excluding carboxylic acids is 2. The molecule has 9 heteroatoms. The summed E-state index contributed by atoms with van der Waals surface area (Å²) < 4.78 is 44.2. The van der Waals surface area contributed by atoms with Crippen molar-refractivity contribution in [2.24, 2.45) is 0 Å². The highest BCUT2D eigenvalue weighted by Crippen LogP contribution is 2.34. The second-order valence-electron chi connectivity index (χ2n) is 6.33. The summed E-state index contributed by atoms with van der Waals surface area (Å²) in [4.78, 5) is 25.1. The minimum atomic E-state index is -4.57. The number of anilines is 2. The number of ether oxygens (including phenoxy) is 1. The van der Waals surface area contributed by atoms with E-state index >= 15 is 0 Å². The van der Waals surface area contributed by atoms with E-state index in [4.69, 9.17) is 4.74 Å². The molecule has 0 radical (unpaired) electrons. The Labute approximate surface area is 166 Å². The maximum atomic E-state index is 13.0. The molecule has 29 heavy (non-hydrogen) atoms. The molecule has 156 valence electrons. The van der Waals surface area contributed by atoms with Gasteiger partial charge in [0.25, 0.3) is 11.8 Å². The van der Waals surface area contributed by atoms with Gasteiger partial charge in [0.05, 0.1) is 24.9 Å². The summed E-state index contributed by atoms with van der Waals surface area (Å²) in [5.74, 6) is -0.258. The lowest BCUT2D eigenvalue weighted by Gasteiger charge is -2.18. The summed E-state index contributed by atoms with van der Waals surface area (Å²) in [5, 5.41) is 5.01. The van der Waals surface area contributed by atoms with Crippen LogP contribution in [0.4, 0.5) is 24.5 Å². The van der Waals surface area contributed by atoms with E-state index in [2.05, 4.69) is 10.6 Å². The van der Waals surface area contributed by atoms with Gasteiger partial charge >= 0.3 is 6.18 Å². The maximum Gasteiger partial charge on any atom is 0.418 e. The van der Waals surface area contributed by atoms with Crippen molar-refractivity contribution >= 4 is 23.2 Å². The molecule has 6 nitrogen and oxygen atoms in total. The zero-order valence-electron chi connectivity index (χ0n) is 16.1. The molecule has 0 heterocycles. The van der Waals surface area contributed by atoms with Crippen LogP contribution in [0.3, 0.4) is 0 Å². The van der Waals surface area contributed by atoms with E-state index < -0.39 is 17.6 Å². The Morgan fingerprint density at radius 3 is 2.10 bits per heavy atom. The van der Waals surface area contributed by atoms with Crippen LogP contribution in [0.1, 0.15) is 12.5 Å². The van der Waals surface area contributed by atoms with Gasteiger partial charge in [0.2, 0.25) is 0 Å². The van der Waals surface area contributed by atoms with Crippen molar-refractivity contribution in [1.82, 2.24) is 0 Å². The number of hydrogen-bond donors (Lipinski definition) is 3. The highest BCUT2D eigenvalue weighted by molar-refractivity contribution is 5.93. The second-order valence-corrected chi connectivity index (χ2v) is 6.33. The van der Waals surface area contributed by atoms with Crippen LogP contribution >= 0.6 is 0 Å². The molecule has 0 bridgehead atoms. The Hall–Kier alpha value is -3.07. The number of amides is 2. The van der Waals surface area contributed by atoms with Gasteiger partial charge in [0.15, 0.2) is 13.1 Å². The van der Waals surface area contributed by atoms with Crippen LogP contribution in [0.2, 0.25) is 0 Å². The minimum absolute atomic E-state index is 0.00311. The molecule has 0 aliphatic carbocycles. The number of hydrogen-bond acceptors (Lipinski definition) is 3. The molecular weight excluding hydrogens is 387 g/mol. The number of halogens is 3. The third kappa shape index (κ3) is 6.79. The molecule has 2 amide bonds. The summed E-state index contributed by atoms with van der Waals surface area (Å²) in [5.41, 5.74) is -0.637. The number of para-hydroxylation sites is 1. The van der Waals surface area contributed by atoms with Crippen LogP contribution in [-0.4, -0.2) is 38.6 Å². The average Bonchev–Trinajstić information content (AvgIpc) is 2.67. The fourth-order valence-electron chi connectivity index (χ4n) is 2.68. The first kappa shape index (κ1) is 22.2. The predicted molar refractivity (Wildman–Crippen MR) is 103 cm³/mol. The molecule has 3 N–H and O–H groups in total. The van der Waals surface area contributed by atoms with Crippen LogP contribution in [0.5, 0.6) is 5.75 Å². The molecule has 0 aliphatic heterocycles. The molecule has 2 aromatic carbocycles. The monoisotopic (exact) mass is 410 g/mol. The minimum Gasteiger partial charge on any atom is -0.497 e. The van der Waals surface area contributed by atoms with Crippen molar-refractivity contribution in [3.05, 3.63) is 54.1 Å². The quantitative estimate of drug-likeness (QED) is 0.625. The Bertz CT molecular complexity index is 839. The molecule has 0 aromatic heterocycles. The van der Waals surface area contributed by atoms with Gasteiger partial charge in [-0.05, 0) is 43.3 Å². The van der Waals surface area contributed by atoms with Crippen molar-refractivity contribution in [2.75, 3.05) is 37.4 Å². The number of quaternary nitrogens is 1. The van der Waals surface area contributed by atoms with E-state index in [0.29, 0.717) is 22.9 Å². The lowest BCUT2D eigenvalue weighted by molar-refractivity contribution is -0.881. The molecule has 0 saturated heterocycles. The SMILES string of the molecule is CC[NH+](CC(=O)Nc1ccc(OC)cc1)CC(=O)Nc1ccccc1C(F)(F)F. The third-order valence-electron chi connectivity index (χ3n) is 4.20. The number of carbonyl (C=O) groups is 2. The molecule has 0 aliphatic rings. The van der Waals surface area contributed by atoms with Crippen LogP contribution < -0.4 is 20.3 Å². The molecule has 2 rings (SSSR count). The van der Waals surface area contributed by atoms with Crippen molar-refractivity contribution < 1.29 is 32.4 Å². The van der Waals surface area contributed by atoms with Gasteiger partial charge in [-0.3, -0.25) is 9.59 Å². The fraction of sp³-hybridized carbons (Fsp3) is 0.300. The summed E-state index contributed by atoms with van der Waals surface area (Å²) in [7, 11) is 1.54. The lowest BCUT2D eigenvalue weighted by atomic mass is 10.1. The second kappa shape index (κ2) is 9.92. The third-order valence-corrected chi connectivity index (χ3v) is 4.20. The zero-order chi connectivity index (χ0) is 21.4. The summed E-state index contributed by atoms with van der Waals surface area (Å²) in [6.45, 7) is 2.09. The smallest absolute Gasteiger partial charge is 0.418 e.